The van der Waals surface area contributed by atoms with Gasteiger partial charge in [-0.15, -0.1) is 0 Å². The van der Waals surface area contributed by atoms with Gasteiger partial charge < -0.3 is 4.74 Å². The fourth-order valence-corrected chi connectivity index (χ4v) is 2.88. The fourth-order valence-electron chi connectivity index (χ4n) is 2.88. The molecular weight excluding hydrogens is 324 g/mol. The van der Waals surface area contributed by atoms with Crippen LogP contribution in [0.4, 0.5) is 0 Å². The van der Waals surface area contributed by atoms with Gasteiger partial charge in [0.15, 0.2) is 0 Å². The number of nitrogens with zero attached hydrogens (tertiary/aromatic N) is 2. The molecule has 26 heavy (non-hydrogen) atoms. The van der Waals surface area contributed by atoms with Crippen LogP contribution in [0.3, 0.4) is 0 Å². The molecule has 0 saturated carbocycles. The molecule has 0 fully saturated rings. The van der Waals surface area contributed by atoms with Crippen LogP contribution in [0.5, 0.6) is 5.75 Å². The van der Waals surface area contributed by atoms with Gasteiger partial charge in [-0.2, -0.15) is 5.10 Å². The lowest BCUT2D eigenvalue weighted by atomic mass is 10.1. The van der Waals surface area contributed by atoms with E-state index in [1.165, 1.54) is 10.1 Å². The Labute approximate surface area is 151 Å². The molecular formula is C22H18N2O2. The SMILES string of the molecule is O=c1ccc(-c2ccccc2)nn1CCOc1ccc2ccccc2c1. The third-order valence-corrected chi connectivity index (χ3v) is 4.23. The number of aromatic nitrogens is 2. The first-order valence-corrected chi connectivity index (χ1v) is 8.55. The average molecular weight is 342 g/mol. The molecule has 0 saturated heterocycles. The Kier molecular flexibility index (Phi) is 4.48. The van der Waals surface area contributed by atoms with Gasteiger partial charge in [0.2, 0.25) is 0 Å². The number of fused-ring (bicyclic) bond motifs is 1. The molecule has 0 aliphatic carbocycles. The predicted octanol–water partition coefficient (Wildman–Crippen LogP) is 4.14. The van der Waals surface area contributed by atoms with Crippen LogP contribution in [0.15, 0.2) is 89.7 Å². The zero-order chi connectivity index (χ0) is 17.8. The summed E-state index contributed by atoms with van der Waals surface area (Å²) in [7, 11) is 0. The smallest absolute Gasteiger partial charge is 0.266 e. The molecule has 0 aliphatic rings. The highest BCUT2D eigenvalue weighted by Crippen LogP contribution is 2.20. The third kappa shape index (κ3) is 3.49. The van der Waals surface area contributed by atoms with E-state index in [0.29, 0.717) is 13.2 Å². The lowest BCUT2D eigenvalue weighted by Gasteiger charge is -2.09. The van der Waals surface area contributed by atoms with Crippen LogP contribution in [-0.2, 0) is 6.54 Å². The van der Waals surface area contributed by atoms with Gasteiger partial charge in [-0.25, -0.2) is 4.68 Å². The summed E-state index contributed by atoms with van der Waals surface area (Å²) in [5.74, 6) is 0.788. The molecule has 0 bridgehead atoms. The zero-order valence-electron chi connectivity index (χ0n) is 14.2. The minimum atomic E-state index is -0.133. The van der Waals surface area contributed by atoms with Crippen molar-refractivity contribution in [3.8, 4) is 17.0 Å². The molecule has 0 radical (unpaired) electrons. The van der Waals surface area contributed by atoms with Crippen molar-refractivity contribution < 1.29 is 4.74 Å². The van der Waals surface area contributed by atoms with Crippen molar-refractivity contribution in [1.82, 2.24) is 9.78 Å². The van der Waals surface area contributed by atoms with E-state index in [0.717, 1.165) is 22.4 Å². The van der Waals surface area contributed by atoms with Crippen molar-refractivity contribution in [2.45, 2.75) is 6.54 Å². The summed E-state index contributed by atoms with van der Waals surface area (Å²) in [6.45, 7) is 0.774. The van der Waals surface area contributed by atoms with E-state index in [9.17, 15) is 4.79 Å². The predicted molar refractivity (Wildman–Crippen MR) is 103 cm³/mol. The summed E-state index contributed by atoms with van der Waals surface area (Å²) in [6, 6.07) is 27.2. The quantitative estimate of drug-likeness (QED) is 0.547. The Morgan fingerprint density at radius 2 is 1.58 bits per heavy atom. The first-order chi connectivity index (χ1) is 12.8. The summed E-state index contributed by atoms with van der Waals surface area (Å²) in [6.07, 6.45) is 0. The molecule has 3 aromatic carbocycles. The van der Waals surface area contributed by atoms with E-state index >= 15 is 0 Å². The summed E-state index contributed by atoms with van der Waals surface area (Å²) < 4.78 is 7.27. The lowest BCUT2D eigenvalue weighted by molar-refractivity contribution is 0.288. The van der Waals surface area contributed by atoms with Crippen LogP contribution >= 0.6 is 0 Å². The molecule has 0 unspecified atom stereocenters. The second kappa shape index (κ2) is 7.23. The molecule has 0 atom stereocenters. The first kappa shape index (κ1) is 16.1. The van der Waals surface area contributed by atoms with E-state index in [-0.39, 0.29) is 5.56 Å². The number of rotatable bonds is 5. The highest BCUT2D eigenvalue weighted by Gasteiger charge is 2.04. The summed E-state index contributed by atoms with van der Waals surface area (Å²) in [5, 5.41) is 6.75. The van der Waals surface area contributed by atoms with E-state index in [1.807, 2.05) is 60.7 Å². The molecule has 1 aromatic heterocycles. The van der Waals surface area contributed by atoms with Gasteiger partial charge in [-0.05, 0) is 29.0 Å². The van der Waals surface area contributed by atoms with Crippen LogP contribution < -0.4 is 10.3 Å². The van der Waals surface area contributed by atoms with E-state index in [4.69, 9.17) is 4.74 Å². The molecule has 0 amide bonds. The highest BCUT2D eigenvalue weighted by atomic mass is 16.5. The number of hydrogen-bond acceptors (Lipinski definition) is 3. The maximum Gasteiger partial charge on any atom is 0.266 e. The third-order valence-electron chi connectivity index (χ3n) is 4.23. The van der Waals surface area contributed by atoms with Crippen LogP contribution in [0.2, 0.25) is 0 Å². The Hall–Kier alpha value is -3.40. The molecule has 128 valence electrons. The van der Waals surface area contributed by atoms with Gasteiger partial charge in [-0.1, -0.05) is 60.7 Å². The fraction of sp³-hybridized carbons (Fsp3) is 0.0909. The normalized spacial score (nSPS) is 10.8. The van der Waals surface area contributed by atoms with Crippen molar-refractivity contribution in [2.75, 3.05) is 6.61 Å². The molecule has 4 rings (SSSR count). The maximum absolute atomic E-state index is 12.1. The average Bonchev–Trinajstić information content (AvgIpc) is 2.70. The summed E-state index contributed by atoms with van der Waals surface area (Å²) >= 11 is 0. The first-order valence-electron chi connectivity index (χ1n) is 8.55. The highest BCUT2D eigenvalue weighted by molar-refractivity contribution is 5.83. The minimum absolute atomic E-state index is 0.133. The second-order valence-electron chi connectivity index (χ2n) is 6.00. The van der Waals surface area contributed by atoms with Crippen LogP contribution in [0, 0.1) is 0 Å². The minimum Gasteiger partial charge on any atom is -0.492 e. The Bertz CT molecular complexity index is 1090. The summed E-state index contributed by atoms with van der Waals surface area (Å²) in [5.41, 5.74) is 1.62. The molecule has 0 spiro atoms. The Morgan fingerprint density at radius 3 is 2.42 bits per heavy atom. The molecule has 1 heterocycles. The Balaban J connectivity index is 1.48. The van der Waals surface area contributed by atoms with E-state index < -0.39 is 0 Å². The molecule has 4 nitrogen and oxygen atoms in total. The van der Waals surface area contributed by atoms with E-state index in [1.54, 1.807) is 12.1 Å². The largest absolute Gasteiger partial charge is 0.492 e. The number of benzene rings is 3. The number of ether oxygens (including phenoxy) is 1. The monoisotopic (exact) mass is 342 g/mol. The van der Waals surface area contributed by atoms with Crippen molar-refractivity contribution >= 4 is 10.8 Å². The molecule has 0 aliphatic heterocycles. The molecule has 4 aromatic rings. The van der Waals surface area contributed by atoms with Gasteiger partial charge in [0.25, 0.3) is 5.56 Å². The Morgan fingerprint density at radius 1 is 0.808 bits per heavy atom. The van der Waals surface area contributed by atoms with Crippen LogP contribution in [0.25, 0.3) is 22.0 Å². The van der Waals surface area contributed by atoms with Gasteiger partial charge in [0.05, 0.1) is 12.2 Å². The molecule has 4 heteroatoms. The van der Waals surface area contributed by atoms with Crippen LogP contribution in [-0.4, -0.2) is 16.4 Å². The van der Waals surface area contributed by atoms with Gasteiger partial charge in [0.1, 0.15) is 12.4 Å². The van der Waals surface area contributed by atoms with Crippen molar-refractivity contribution in [3.05, 3.63) is 95.3 Å². The van der Waals surface area contributed by atoms with Gasteiger partial charge in [0, 0.05) is 11.6 Å². The molecule has 0 N–H and O–H groups in total. The number of hydrogen-bond donors (Lipinski definition) is 0. The van der Waals surface area contributed by atoms with Gasteiger partial charge in [-0.3, -0.25) is 4.79 Å². The van der Waals surface area contributed by atoms with Crippen molar-refractivity contribution in [3.63, 3.8) is 0 Å². The lowest BCUT2D eigenvalue weighted by Crippen LogP contribution is -2.25. The van der Waals surface area contributed by atoms with Crippen LogP contribution in [0.1, 0.15) is 0 Å². The van der Waals surface area contributed by atoms with Crippen molar-refractivity contribution in [1.29, 1.82) is 0 Å². The topological polar surface area (TPSA) is 44.1 Å². The summed E-state index contributed by atoms with van der Waals surface area (Å²) in [4.78, 5) is 12.1. The van der Waals surface area contributed by atoms with Gasteiger partial charge >= 0.3 is 0 Å². The standard InChI is InChI=1S/C22H18N2O2/c25-22-13-12-21(18-7-2-1-3-8-18)23-24(22)14-15-26-20-11-10-17-6-4-5-9-19(17)16-20/h1-13,16H,14-15H2. The zero-order valence-corrected chi connectivity index (χ0v) is 14.2. The maximum atomic E-state index is 12.1. The van der Waals surface area contributed by atoms with Crippen molar-refractivity contribution in [2.24, 2.45) is 0 Å². The second-order valence-corrected chi connectivity index (χ2v) is 6.00. The van der Waals surface area contributed by atoms with E-state index in [2.05, 4.69) is 17.2 Å².